The van der Waals surface area contributed by atoms with E-state index in [2.05, 4.69) is 10.0 Å². The van der Waals surface area contributed by atoms with E-state index >= 15 is 0 Å². The van der Waals surface area contributed by atoms with Crippen molar-refractivity contribution in [1.82, 2.24) is 14.9 Å². The molecule has 0 radical (unpaired) electrons. The van der Waals surface area contributed by atoms with Crippen molar-refractivity contribution in [2.45, 2.75) is 24.9 Å². The van der Waals surface area contributed by atoms with Crippen LogP contribution < -0.4 is 15.8 Å². The zero-order chi connectivity index (χ0) is 29.1. The summed E-state index contributed by atoms with van der Waals surface area (Å²) in [6.07, 6.45) is -0.217. The molecule has 1 atom stereocenters. The van der Waals surface area contributed by atoms with Crippen LogP contribution in [0.3, 0.4) is 0 Å². The number of morpholine rings is 1. The molecule has 12 heteroatoms. The van der Waals surface area contributed by atoms with Gasteiger partial charge in [0.1, 0.15) is 24.1 Å². The topological polar surface area (TPSA) is 138 Å². The minimum Gasteiger partial charge on any atom is -0.458 e. The largest absolute Gasteiger partial charge is 0.458 e. The molecule has 5 aromatic rings. The number of carbonyl (C=O) groups excluding carboxylic acids is 1. The van der Waals surface area contributed by atoms with Crippen molar-refractivity contribution in [3.63, 3.8) is 0 Å². The number of nitrogens with zero attached hydrogens (tertiary/aromatic N) is 2. The van der Waals surface area contributed by atoms with Crippen LogP contribution in [0.5, 0.6) is 0 Å². The molecule has 3 aromatic heterocycles. The van der Waals surface area contributed by atoms with Crippen molar-refractivity contribution in [1.29, 1.82) is 0 Å². The highest BCUT2D eigenvalue weighted by atomic mass is 32.2. The fourth-order valence-corrected chi connectivity index (χ4v) is 7.08. The Bertz CT molecular complexity index is 1830. The number of nitrogens with one attached hydrogen (secondary N) is 2. The van der Waals surface area contributed by atoms with E-state index in [1.165, 1.54) is 11.3 Å². The van der Waals surface area contributed by atoms with Gasteiger partial charge in [-0.3, -0.25) is 4.72 Å². The summed E-state index contributed by atoms with van der Waals surface area (Å²) >= 11 is 1.45. The predicted molar refractivity (Wildman–Crippen MR) is 164 cm³/mol. The number of anilines is 1. The maximum absolute atomic E-state index is 13.4. The number of fused-ring (bicyclic) bond motifs is 2. The van der Waals surface area contributed by atoms with Gasteiger partial charge in [0.25, 0.3) is 0 Å². The van der Waals surface area contributed by atoms with Gasteiger partial charge in [-0.1, -0.05) is 24.3 Å². The van der Waals surface area contributed by atoms with Crippen LogP contribution in [-0.4, -0.2) is 56.3 Å². The highest BCUT2D eigenvalue weighted by Crippen LogP contribution is 2.29. The molecule has 0 saturated carbocycles. The molecule has 2 aromatic carbocycles. The Morgan fingerprint density at radius 2 is 2.05 bits per heavy atom. The Morgan fingerprint density at radius 3 is 2.83 bits per heavy atom. The van der Waals surface area contributed by atoms with Crippen molar-refractivity contribution >= 4 is 54.8 Å². The summed E-state index contributed by atoms with van der Waals surface area (Å²) < 4.78 is 42.0. The Balaban J connectivity index is 1.37. The fourth-order valence-electron chi connectivity index (χ4n) is 5.14. The Hall–Kier alpha value is -3.81. The van der Waals surface area contributed by atoms with Gasteiger partial charge in [-0.2, -0.15) is 11.3 Å². The van der Waals surface area contributed by atoms with E-state index in [-0.39, 0.29) is 31.6 Å². The summed E-state index contributed by atoms with van der Waals surface area (Å²) in [5.74, 6) is -0.614. The summed E-state index contributed by atoms with van der Waals surface area (Å²) in [5.41, 5.74) is 9.49. The standard InChI is InChI=1S/C30H31N5O5S2/c31-14-24-6-5-22-13-28(30(36)40-17-26-15-32-8-9-39-26)35(29(22)33-24)16-23-12-25(11-21-3-1-2-4-27(21)23)34-42(37,38)19-20-7-10-41-18-20/h1-7,10-13,18,26,32,34H,8-9,14-17,19,31H2/t26-/m1/s1. The third kappa shape index (κ3) is 6.32. The number of nitrogens with two attached hydrogens (primary N) is 1. The van der Waals surface area contributed by atoms with E-state index in [1.54, 1.807) is 12.1 Å². The highest BCUT2D eigenvalue weighted by molar-refractivity contribution is 7.91. The number of pyridine rings is 1. The number of hydrogen-bond acceptors (Lipinski definition) is 9. The number of esters is 1. The minimum absolute atomic E-state index is 0.122. The predicted octanol–water partition coefficient (Wildman–Crippen LogP) is 3.85. The van der Waals surface area contributed by atoms with Gasteiger partial charge in [-0.15, -0.1) is 0 Å². The maximum atomic E-state index is 13.4. The molecule has 4 N–H and O–H groups in total. The van der Waals surface area contributed by atoms with E-state index in [0.29, 0.717) is 35.9 Å². The lowest BCUT2D eigenvalue weighted by atomic mass is 10.0. The van der Waals surface area contributed by atoms with Crippen LogP contribution in [0.1, 0.15) is 27.3 Å². The summed E-state index contributed by atoms with van der Waals surface area (Å²) in [6, 6.07) is 18.7. The van der Waals surface area contributed by atoms with E-state index in [0.717, 1.165) is 33.8 Å². The number of sulfonamides is 1. The SMILES string of the molecule is NCc1ccc2cc(C(=O)OC[C@H]3CNCCO3)n(Cc3cc(NS(=O)(=O)Cc4ccsc4)cc4ccccc34)c2n1. The second kappa shape index (κ2) is 12.2. The van der Waals surface area contributed by atoms with Gasteiger partial charge in [0.05, 0.1) is 24.6 Å². The summed E-state index contributed by atoms with van der Waals surface area (Å²) in [4.78, 5) is 18.2. The molecule has 1 saturated heterocycles. The molecule has 0 unspecified atom stereocenters. The van der Waals surface area contributed by atoms with Crippen LogP contribution in [0.15, 0.2) is 71.4 Å². The van der Waals surface area contributed by atoms with Gasteiger partial charge >= 0.3 is 5.97 Å². The monoisotopic (exact) mass is 605 g/mol. The lowest BCUT2D eigenvalue weighted by Gasteiger charge is -2.23. The molecule has 6 rings (SSSR count). The number of aromatic nitrogens is 2. The molecule has 42 heavy (non-hydrogen) atoms. The molecular formula is C30H31N5O5S2. The van der Waals surface area contributed by atoms with Crippen LogP contribution in [0, 0.1) is 0 Å². The number of hydrogen-bond donors (Lipinski definition) is 3. The first-order valence-corrected chi connectivity index (χ1v) is 16.2. The first kappa shape index (κ1) is 28.3. The zero-order valence-electron chi connectivity index (χ0n) is 22.8. The second-order valence-corrected chi connectivity index (χ2v) is 12.7. The molecule has 10 nitrogen and oxygen atoms in total. The van der Waals surface area contributed by atoms with Gasteiger partial charge in [0.2, 0.25) is 10.0 Å². The van der Waals surface area contributed by atoms with Crippen LogP contribution in [0.2, 0.25) is 0 Å². The zero-order valence-corrected chi connectivity index (χ0v) is 24.4. The van der Waals surface area contributed by atoms with Crippen LogP contribution in [0.4, 0.5) is 5.69 Å². The van der Waals surface area contributed by atoms with Crippen LogP contribution in [0.25, 0.3) is 21.8 Å². The van der Waals surface area contributed by atoms with Gasteiger partial charge in [-0.05, 0) is 69.1 Å². The van der Waals surface area contributed by atoms with Crippen molar-refractivity contribution in [3.05, 3.63) is 93.9 Å². The summed E-state index contributed by atoms with van der Waals surface area (Å²) in [6.45, 7) is 2.56. The Kier molecular flexibility index (Phi) is 8.22. The van der Waals surface area contributed by atoms with E-state index < -0.39 is 16.0 Å². The van der Waals surface area contributed by atoms with Gasteiger partial charge in [0, 0.05) is 30.7 Å². The van der Waals surface area contributed by atoms with Crippen molar-refractivity contribution in [2.24, 2.45) is 5.73 Å². The summed E-state index contributed by atoms with van der Waals surface area (Å²) in [7, 11) is -3.66. The van der Waals surface area contributed by atoms with Gasteiger partial charge in [-0.25, -0.2) is 18.2 Å². The highest BCUT2D eigenvalue weighted by Gasteiger charge is 2.22. The van der Waals surface area contributed by atoms with E-state index in [1.807, 2.05) is 63.9 Å². The molecular weight excluding hydrogens is 574 g/mol. The van der Waals surface area contributed by atoms with E-state index in [9.17, 15) is 13.2 Å². The number of rotatable bonds is 10. The average molecular weight is 606 g/mol. The lowest BCUT2D eigenvalue weighted by Crippen LogP contribution is -2.41. The minimum atomic E-state index is -3.66. The Labute approximate surface area is 247 Å². The number of thiophene rings is 1. The smallest absolute Gasteiger partial charge is 0.355 e. The van der Waals surface area contributed by atoms with Gasteiger partial charge in [0.15, 0.2) is 0 Å². The molecule has 0 spiro atoms. The molecule has 0 amide bonds. The lowest BCUT2D eigenvalue weighted by molar-refractivity contribution is -0.0218. The molecule has 0 aliphatic carbocycles. The van der Waals surface area contributed by atoms with E-state index in [4.69, 9.17) is 20.2 Å². The normalized spacial score (nSPS) is 15.7. The number of benzene rings is 2. The van der Waals surface area contributed by atoms with Gasteiger partial charge < -0.3 is 25.1 Å². The number of ether oxygens (including phenoxy) is 2. The summed E-state index contributed by atoms with van der Waals surface area (Å²) in [5, 5.41) is 9.47. The molecule has 0 bridgehead atoms. The molecule has 218 valence electrons. The van der Waals surface area contributed by atoms with Crippen molar-refractivity contribution in [3.8, 4) is 0 Å². The molecule has 1 aliphatic rings. The Morgan fingerprint density at radius 1 is 1.17 bits per heavy atom. The first-order chi connectivity index (χ1) is 20.4. The fraction of sp³-hybridized carbons (Fsp3) is 0.267. The third-order valence-corrected chi connectivity index (χ3v) is 9.10. The third-order valence-electron chi connectivity index (χ3n) is 7.11. The second-order valence-electron chi connectivity index (χ2n) is 10.2. The average Bonchev–Trinajstić information content (AvgIpc) is 3.63. The molecule has 4 heterocycles. The van der Waals surface area contributed by atoms with Crippen molar-refractivity contribution < 1.29 is 22.7 Å². The van der Waals surface area contributed by atoms with Crippen LogP contribution in [-0.2, 0) is 38.3 Å². The quantitative estimate of drug-likeness (QED) is 0.204. The number of carbonyl (C=O) groups is 1. The molecule has 1 fully saturated rings. The maximum Gasteiger partial charge on any atom is 0.355 e. The first-order valence-electron chi connectivity index (χ1n) is 13.6. The molecule has 1 aliphatic heterocycles. The van der Waals surface area contributed by atoms with Crippen LogP contribution >= 0.6 is 11.3 Å². The van der Waals surface area contributed by atoms with Crippen molar-refractivity contribution in [2.75, 3.05) is 31.0 Å².